The van der Waals surface area contributed by atoms with Gasteiger partial charge in [-0.25, -0.2) is 0 Å². The molecule has 1 heterocycles. The molecule has 0 spiro atoms. The van der Waals surface area contributed by atoms with Crippen LogP contribution >= 0.6 is 0 Å². The number of anilines is 3. The van der Waals surface area contributed by atoms with Gasteiger partial charge in [-0.3, -0.25) is 0 Å². The van der Waals surface area contributed by atoms with E-state index in [1.807, 2.05) is 0 Å². The highest BCUT2D eigenvalue weighted by Gasteiger charge is 2.08. The van der Waals surface area contributed by atoms with Crippen LogP contribution in [-0.4, -0.2) is 30.3 Å². The number of hydrogen-bond donors (Lipinski definition) is 3. The average Bonchev–Trinajstić information content (AvgIpc) is 2.19. The van der Waals surface area contributed by atoms with Crippen LogP contribution in [0.5, 0.6) is 5.88 Å². The molecular weight excluding hydrogens is 198 g/mol. The lowest BCUT2D eigenvalue weighted by Gasteiger charge is -2.09. The lowest BCUT2D eigenvalue weighted by atomic mass is 10.4. The van der Waals surface area contributed by atoms with Crippen molar-refractivity contribution in [3.8, 4) is 5.88 Å². The Morgan fingerprint density at radius 2 is 1.87 bits per heavy atom. The van der Waals surface area contributed by atoms with Gasteiger partial charge in [0.15, 0.2) is 5.82 Å². The van der Waals surface area contributed by atoms with Crippen molar-refractivity contribution in [1.82, 2.24) is 9.97 Å². The van der Waals surface area contributed by atoms with E-state index in [4.69, 9.17) is 26.7 Å². The molecule has 84 valence electrons. The van der Waals surface area contributed by atoms with Crippen molar-refractivity contribution < 1.29 is 9.47 Å². The van der Waals surface area contributed by atoms with E-state index >= 15 is 0 Å². The maximum Gasteiger partial charge on any atom is 0.244 e. The van der Waals surface area contributed by atoms with Crippen LogP contribution in [0.4, 0.5) is 17.5 Å². The lowest BCUT2D eigenvalue weighted by Crippen LogP contribution is -2.09. The molecule has 0 aliphatic heterocycles. The van der Waals surface area contributed by atoms with Crippen LogP contribution < -0.4 is 21.9 Å². The lowest BCUT2D eigenvalue weighted by molar-refractivity contribution is 0.171. The van der Waals surface area contributed by atoms with Crippen LogP contribution in [0.25, 0.3) is 0 Å². The van der Waals surface area contributed by atoms with Crippen molar-refractivity contribution in [2.75, 3.05) is 37.5 Å². The fourth-order valence-electron chi connectivity index (χ4n) is 0.965. The summed E-state index contributed by atoms with van der Waals surface area (Å²) in [6.07, 6.45) is 0.736. The smallest absolute Gasteiger partial charge is 0.244 e. The summed E-state index contributed by atoms with van der Waals surface area (Å²) < 4.78 is 10.1. The Kier molecular flexibility index (Phi) is 3.92. The number of ether oxygens (including phenoxy) is 2. The normalized spacial score (nSPS) is 10.2. The molecule has 0 aromatic carbocycles. The van der Waals surface area contributed by atoms with Gasteiger partial charge in [0, 0.05) is 20.1 Å². The van der Waals surface area contributed by atoms with Crippen molar-refractivity contribution in [2.24, 2.45) is 0 Å². The average molecular weight is 213 g/mol. The van der Waals surface area contributed by atoms with Crippen molar-refractivity contribution >= 4 is 17.5 Å². The molecule has 7 heteroatoms. The minimum atomic E-state index is 0.0449. The first kappa shape index (κ1) is 11.3. The van der Waals surface area contributed by atoms with Crippen molar-refractivity contribution in [3.05, 3.63) is 0 Å². The van der Waals surface area contributed by atoms with Gasteiger partial charge in [0.05, 0.1) is 6.61 Å². The molecule has 0 fully saturated rings. The summed E-state index contributed by atoms with van der Waals surface area (Å²) in [5.74, 6) is 0.392. The van der Waals surface area contributed by atoms with Crippen molar-refractivity contribution in [2.45, 2.75) is 6.42 Å². The molecule has 1 rings (SSSR count). The summed E-state index contributed by atoms with van der Waals surface area (Å²) in [6.45, 7) is 1.05. The van der Waals surface area contributed by atoms with Crippen LogP contribution in [0.15, 0.2) is 0 Å². The first-order chi connectivity index (χ1) is 7.15. The van der Waals surface area contributed by atoms with Gasteiger partial charge >= 0.3 is 0 Å². The van der Waals surface area contributed by atoms with E-state index < -0.39 is 0 Å². The van der Waals surface area contributed by atoms with Crippen LogP contribution in [0, 0.1) is 0 Å². The molecule has 1 aromatic rings. The number of rotatable bonds is 5. The Morgan fingerprint density at radius 3 is 2.53 bits per heavy atom. The zero-order valence-corrected chi connectivity index (χ0v) is 8.56. The summed E-state index contributed by atoms with van der Waals surface area (Å²) in [5.41, 5.74) is 16.7. The molecule has 6 N–H and O–H groups in total. The number of methoxy groups -OCH3 is 1. The Bertz CT molecular complexity index is 331. The number of nitrogen functional groups attached to an aromatic ring is 3. The van der Waals surface area contributed by atoms with Crippen molar-refractivity contribution in [1.29, 1.82) is 0 Å². The molecule has 15 heavy (non-hydrogen) atoms. The van der Waals surface area contributed by atoms with E-state index in [0.717, 1.165) is 6.42 Å². The third-order valence-electron chi connectivity index (χ3n) is 1.69. The summed E-state index contributed by atoms with van der Waals surface area (Å²) in [5, 5.41) is 0. The summed E-state index contributed by atoms with van der Waals surface area (Å²) in [7, 11) is 1.62. The highest BCUT2D eigenvalue weighted by Crippen LogP contribution is 2.24. The Hall–Kier alpha value is -1.76. The number of aromatic nitrogens is 2. The highest BCUT2D eigenvalue weighted by atomic mass is 16.5. The SMILES string of the molecule is COCCCOc1nc(N)nc(N)c1N. The first-order valence-electron chi connectivity index (χ1n) is 4.45. The molecule has 1 aromatic heterocycles. The van der Waals surface area contributed by atoms with Gasteiger partial charge in [-0.1, -0.05) is 0 Å². The van der Waals surface area contributed by atoms with Crippen LogP contribution in [-0.2, 0) is 4.74 Å². The summed E-state index contributed by atoms with van der Waals surface area (Å²) in [6, 6.07) is 0. The third kappa shape index (κ3) is 3.13. The second-order valence-corrected chi connectivity index (χ2v) is 2.88. The molecule has 0 amide bonds. The molecule has 0 bridgehead atoms. The van der Waals surface area contributed by atoms with Gasteiger partial charge in [0.2, 0.25) is 11.8 Å². The molecule has 0 saturated carbocycles. The number of hydrogen-bond acceptors (Lipinski definition) is 7. The maximum atomic E-state index is 5.60. The largest absolute Gasteiger partial charge is 0.476 e. The van der Waals surface area contributed by atoms with Crippen LogP contribution in [0.3, 0.4) is 0 Å². The fraction of sp³-hybridized carbons (Fsp3) is 0.500. The minimum absolute atomic E-state index is 0.0449. The number of nitrogens with zero attached hydrogens (tertiary/aromatic N) is 2. The monoisotopic (exact) mass is 213 g/mol. The van der Waals surface area contributed by atoms with E-state index in [2.05, 4.69) is 9.97 Å². The van der Waals surface area contributed by atoms with Gasteiger partial charge < -0.3 is 26.7 Å². The highest BCUT2D eigenvalue weighted by molar-refractivity contribution is 5.65. The zero-order chi connectivity index (χ0) is 11.3. The van der Waals surface area contributed by atoms with Crippen molar-refractivity contribution in [3.63, 3.8) is 0 Å². The summed E-state index contributed by atoms with van der Waals surface area (Å²) in [4.78, 5) is 7.52. The summed E-state index contributed by atoms with van der Waals surface area (Å²) >= 11 is 0. The molecule has 0 unspecified atom stereocenters. The molecule has 0 aliphatic carbocycles. The predicted octanol–water partition coefficient (Wildman–Crippen LogP) is -0.361. The quantitative estimate of drug-likeness (QED) is 0.570. The topological polar surface area (TPSA) is 122 Å². The van der Waals surface area contributed by atoms with Crippen LogP contribution in [0.1, 0.15) is 6.42 Å². The minimum Gasteiger partial charge on any atom is -0.476 e. The van der Waals surface area contributed by atoms with E-state index in [-0.39, 0.29) is 23.3 Å². The first-order valence-corrected chi connectivity index (χ1v) is 4.45. The molecule has 0 saturated heterocycles. The Morgan fingerprint density at radius 1 is 1.13 bits per heavy atom. The zero-order valence-electron chi connectivity index (χ0n) is 8.56. The molecule has 0 atom stereocenters. The molecule has 0 aliphatic rings. The van der Waals surface area contributed by atoms with E-state index in [0.29, 0.717) is 13.2 Å². The third-order valence-corrected chi connectivity index (χ3v) is 1.69. The van der Waals surface area contributed by atoms with E-state index in [1.165, 1.54) is 0 Å². The predicted molar refractivity (Wildman–Crippen MR) is 57.3 cm³/mol. The Balaban J connectivity index is 2.60. The van der Waals surface area contributed by atoms with Crippen LogP contribution in [0.2, 0.25) is 0 Å². The standard InChI is InChI=1S/C8H15N5O2/c1-14-3-2-4-15-7-5(9)6(10)12-8(11)13-7/h2-4,9H2,1H3,(H4,10,11,12,13). The molecular formula is C8H15N5O2. The van der Waals surface area contributed by atoms with Gasteiger partial charge in [-0.15, -0.1) is 0 Å². The second-order valence-electron chi connectivity index (χ2n) is 2.88. The molecule has 7 nitrogen and oxygen atoms in total. The van der Waals surface area contributed by atoms with Gasteiger partial charge in [0.25, 0.3) is 0 Å². The second kappa shape index (κ2) is 5.20. The number of nitrogens with two attached hydrogens (primary N) is 3. The van der Waals surface area contributed by atoms with Gasteiger partial charge in [0.1, 0.15) is 5.69 Å². The van der Waals surface area contributed by atoms with E-state index in [1.54, 1.807) is 7.11 Å². The van der Waals surface area contributed by atoms with Gasteiger partial charge in [-0.2, -0.15) is 9.97 Å². The molecule has 0 radical (unpaired) electrons. The fourth-order valence-corrected chi connectivity index (χ4v) is 0.965. The van der Waals surface area contributed by atoms with Gasteiger partial charge in [-0.05, 0) is 0 Å². The Labute approximate surface area is 87.6 Å². The van der Waals surface area contributed by atoms with E-state index in [9.17, 15) is 0 Å². The maximum absolute atomic E-state index is 5.60.